The van der Waals surface area contributed by atoms with Crippen LogP contribution in [0, 0.1) is 12.3 Å². The highest BCUT2D eigenvalue weighted by Gasteiger charge is 2.12. The van der Waals surface area contributed by atoms with Crippen molar-refractivity contribution in [3.63, 3.8) is 0 Å². The maximum atomic E-state index is 5.66. The molecule has 1 heterocycles. The fraction of sp³-hybridized carbons (Fsp3) is 0.400. The van der Waals surface area contributed by atoms with E-state index in [0.29, 0.717) is 11.6 Å². The van der Waals surface area contributed by atoms with Crippen molar-refractivity contribution in [3.05, 3.63) is 23.1 Å². The number of halogens is 1. The van der Waals surface area contributed by atoms with Crippen LogP contribution in [-0.4, -0.2) is 6.54 Å². The third kappa shape index (κ3) is 2.80. The van der Waals surface area contributed by atoms with E-state index >= 15 is 0 Å². The van der Waals surface area contributed by atoms with Gasteiger partial charge in [-0.1, -0.05) is 6.92 Å². The first-order valence-electron chi connectivity index (χ1n) is 4.20. The van der Waals surface area contributed by atoms with Crippen molar-refractivity contribution in [2.45, 2.75) is 19.4 Å². The van der Waals surface area contributed by atoms with E-state index in [-0.39, 0.29) is 6.04 Å². The minimum absolute atomic E-state index is 0.0718. The lowest BCUT2D eigenvalue weighted by molar-refractivity contribution is 0.424. The fourth-order valence-corrected chi connectivity index (χ4v) is 1.31. The molecule has 1 atom stereocenters. The number of furan rings is 1. The largest absolute Gasteiger partial charge is 0.448 e. The van der Waals surface area contributed by atoms with Crippen LogP contribution in [0.4, 0.5) is 0 Å². The van der Waals surface area contributed by atoms with Gasteiger partial charge in [-0.05, 0) is 30.3 Å². The van der Waals surface area contributed by atoms with E-state index in [1.165, 1.54) is 0 Å². The molecule has 0 spiro atoms. The van der Waals surface area contributed by atoms with Crippen molar-refractivity contribution in [2.75, 3.05) is 6.54 Å². The minimum Gasteiger partial charge on any atom is -0.448 e. The SMILES string of the molecule is C#CCC(NCC)c1ccc(Cl)o1. The van der Waals surface area contributed by atoms with Gasteiger partial charge in [-0.15, -0.1) is 12.3 Å². The highest BCUT2D eigenvalue weighted by atomic mass is 35.5. The maximum Gasteiger partial charge on any atom is 0.193 e. The summed E-state index contributed by atoms with van der Waals surface area (Å²) >= 11 is 5.66. The van der Waals surface area contributed by atoms with Crippen molar-refractivity contribution < 1.29 is 4.42 Å². The molecule has 0 saturated heterocycles. The van der Waals surface area contributed by atoms with Gasteiger partial charge in [-0.2, -0.15) is 0 Å². The molecule has 0 aliphatic heterocycles. The predicted molar refractivity (Wildman–Crippen MR) is 53.6 cm³/mol. The van der Waals surface area contributed by atoms with Gasteiger partial charge in [0.15, 0.2) is 5.22 Å². The molecule has 1 unspecified atom stereocenters. The lowest BCUT2D eigenvalue weighted by Crippen LogP contribution is -2.19. The lowest BCUT2D eigenvalue weighted by Gasteiger charge is -2.11. The van der Waals surface area contributed by atoms with Gasteiger partial charge in [0.2, 0.25) is 0 Å². The Balaban J connectivity index is 2.70. The normalized spacial score (nSPS) is 12.4. The Kier molecular flexibility index (Phi) is 3.88. The zero-order valence-corrected chi connectivity index (χ0v) is 8.27. The molecule has 0 aliphatic rings. The van der Waals surface area contributed by atoms with Gasteiger partial charge in [0.1, 0.15) is 5.76 Å². The van der Waals surface area contributed by atoms with Crippen LogP contribution in [0.3, 0.4) is 0 Å². The summed E-state index contributed by atoms with van der Waals surface area (Å²) in [5.41, 5.74) is 0. The predicted octanol–water partition coefficient (Wildman–Crippen LogP) is 2.61. The van der Waals surface area contributed by atoms with Gasteiger partial charge in [0.05, 0.1) is 6.04 Å². The first-order valence-corrected chi connectivity index (χ1v) is 4.57. The average Bonchev–Trinajstić information content (AvgIpc) is 2.51. The van der Waals surface area contributed by atoms with E-state index in [0.717, 1.165) is 12.3 Å². The third-order valence-corrected chi connectivity index (χ3v) is 1.91. The summed E-state index contributed by atoms with van der Waals surface area (Å²) in [6, 6.07) is 3.63. The topological polar surface area (TPSA) is 25.2 Å². The molecular formula is C10H12ClNO. The first-order chi connectivity index (χ1) is 6.27. The maximum absolute atomic E-state index is 5.66. The average molecular weight is 198 g/mol. The van der Waals surface area contributed by atoms with Crippen molar-refractivity contribution in [2.24, 2.45) is 0 Å². The monoisotopic (exact) mass is 197 g/mol. The molecule has 0 bridgehead atoms. The molecule has 70 valence electrons. The van der Waals surface area contributed by atoms with Crippen LogP contribution in [0.1, 0.15) is 25.1 Å². The molecule has 0 radical (unpaired) electrons. The summed E-state index contributed by atoms with van der Waals surface area (Å²) in [5, 5.41) is 3.62. The standard InChI is InChI=1S/C10H12ClNO/c1-3-5-8(12-4-2)9-6-7-10(11)13-9/h1,6-8,12H,4-5H2,2H3. The molecule has 0 aromatic carbocycles. The second-order valence-corrected chi connectivity index (χ2v) is 3.03. The van der Waals surface area contributed by atoms with E-state index in [1.54, 1.807) is 6.07 Å². The van der Waals surface area contributed by atoms with E-state index in [4.69, 9.17) is 22.4 Å². The van der Waals surface area contributed by atoms with Crippen LogP contribution < -0.4 is 5.32 Å². The van der Waals surface area contributed by atoms with E-state index in [2.05, 4.69) is 11.2 Å². The summed E-state index contributed by atoms with van der Waals surface area (Å²) in [7, 11) is 0. The molecule has 0 fully saturated rings. The van der Waals surface area contributed by atoms with Gasteiger partial charge < -0.3 is 9.73 Å². The van der Waals surface area contributed by atoms with E-state index in [1.807, 2.05) is 13.0 Å². The van der Waals surface area contributed by atoms with E-state index < -0.39 is 0 Å². The number of terminal acetylenes is 1. The molecule has 0 saturated carbocycles. The highest BCUT2D eigenvalue weighted by molar-refractivity contribution is 6.28. The van der Waals surface area contributed by atoms with Gasteiger partial charge in [-0.3, -0.25) is 0 Å². The number of rotatable bonds is 4. The van der Waals surface area contributed by atoms with Gasteiger partial charge in [-0.25, -0.2) is 0 Å². The van der Waals surface area contributed by atoms with Crippen LogP contribution in [0.15, 0.2) is 16.5 Å². The summed E-state index contributed by atoms with van der Waals surface area (Å²) in [6.45, 7) is 2.87. The molecule has 3 heteroatoms. The zero-order valence-electron chi connectivity index (χ0n) is 7.51. The second kappa shape index (κ2) is 4.96. The second-order valence-electron chi connectivity index (χ2n) is 2.66. The Morgan fingerprint density at radius 1 is 1.69 bits per heavy atom. The summed E-state index contributed by atoms with van der Waals surface area (Å²) in [4.78, 5) is 0. The van der Waals surface area contributed by atoms with Crippen LogP contribution in [0.25, 0.3) is 0 Å². The van der Waals surface area contributed by atoms with Crippen molar-refractivity contribution in [1.29, 1.82) is 0 Å². The van der Waals surface area contributed by atoms with Gasteiger partial charge in [0.25, 0.3) is 0 Å². The smallest absolute Gasteiger partial charge is 0.193 e. The summed E-state index contributed by atoms with van der Waals surface area (Å²) in [5.74, 6) is 3.39. The lowest BCUT2D eigenvalue weighted by atomic mass is 10.1. The van der Waals surface area contributed by atoms with Crippen LogP contribution >= 0.6 is 11.6 Å². The minimum atomic E-state index is 0.0718. The van der Waals surface area contributed by atoms with Crippen molar-refractivity contribution in [1.82, 2.24) is 5.32 Å². The molecule has 0 amide bonds. The van der Waals surface area contributed by atoms with Gasteiger partial charge in [0, 0.05) is 6.42 Å². The Labute approximate surface area is 83.3 Å². The molecule has 1 aromatic heterocycles. The summed E-state index contributed by atoms with van der Waals surface area (Å²) < 4.78 is 5.26. The number of nitrogens with one attached hydrogen (secondary N) is 1. The molecule has 0 aliphatic carbocycles. The Bertz CT molecular complexity index is 300. The fourth-order valence-electron chi connectivity index (χ4n) is 1.15. The Morgan fingerprint density at radius 3 is 2.92 bits per heavy atom. The number of hydrogen-bond acceptors (Lipinski definition) is 2. The first kappa shape index (κ1) is 10.2. The highest BCUT2D eigenvalue weighted by Crippen LogP contribution is 2.21. The Morgan fingerprint density at radius 2 is 2.46 bits per heavy atom. The Hall–Kier alpha value is -0.910. The third-order valence-electron chi connectivity index (χ3n) is 1.71. The zero-order chi connectivity index (χ0) is 9.68. The molecular weight excluding hydrogens is 186 g/mol. The molecule has 1 rings (SSSR count). The van der Waals surface area contributed by atoms with Gasteiger partial charge >= 0.3 is 0 Å². The van der Waals surface area contributed by atoms with Crippen LogP contribution in [-0.2, 0) is 0 Å². The quantitative estimate of drug-likeness (QED) is 0.751. The van der Waals surface area contributed by atoms with Crippen molar-refractivity contribution >= 4 is 11.6 Å². The summed E-state index contributed by atoms with van der Waals surface area (Å²) in [6.07, 6.45) is 5.85. The van der Waals surface area contributed by atoms with Crippen molar-refractivity contribution in [3.8, 4) is 12.3 Å². The van der Waals surface area contributed by atoms with Crippen LogP contribution in [0.2, 0.25) is 5.22 Å². The molecule has 1 N–H and O–H groups in total. The number of hydrogen-bond donors (Lipinski definition) is 1. The molecule has 1 aromatic rings. The van der Waals surface area contributed by atoms with Crippen LogP contribution in [0.5, 0.6) is 0 Å². The molecule has 2 nitrogen and oxygen atoms in total. The van der Waals surface area contributed by atoms with E-state index in [9.17, 15) is 0 Å². The molecule has 13 heavy (non-hydrogen) atoms.